The Hall–Kier alpha value is -2.91. The third-order valence-corrected chi connectivity index (χ3v) is 7.19. The summed E-state index contributed by atoms with van der Waals surface area (Å²) in [4.78, 5) is 40.8. The molecule has 1 aromatic carbocycles. The molecule has 5 rings (SSSR count). The van der Waals surface area contributed by atoms with Crippen molar-refractivity contribution in [3.05, 3.63) is 41.2 Å². The predicted octanol–water partition coefficient (Wildman–Crippen LogP) is 1.83. The molecule has 0 aliphatic carbocycles. The van der Waals surface area contributed by atoms with E-state index in [1.165, 1.54) is 6.33 Å². The van der Waals surface area contributed by atoms with Crippen LogP contribution >= 0.6 is 11.6 Å². The van der Waals surface area contributed by atoms with Gasteiger partial charge in [-0.1, -0.05) is 23.7 Å². The monoisotopic (exact) mass is 469 g/mol. The smallest absolute Gasteiger partial charge is 0.245 e. The van der Waals surface area contributed by atoms with Gasteiger partial charge in [0.2, 0.25) is 11.8 Å². The van der Waals surface area contributed by atoms with Crippen LogP contribution in [0.5, 0.6) is 0 Å². The molecule has 2 amide bonds. The van der Waals surface area contributed by atoms with Gasteiger partial charge in [-0.2, -0.15) is 0 Å². The maximum atomic E-state index is 13.6. The van der Waals surface area contributed by atoms with Crippen LogP contribution in [0.15, 0.2) is 30.6 Å². The van der Waals surface area contributed by atoms with Crippen molar-refractivity contribution in [1.29, 1.82) is 0 Å². The number of anilines is 3. The molecule has 33 heavy (non-hydrogen) atoms. The van der Waals surface area contributed by atoms with Gasteiger partial charge in [0.25, 0.3) is 0 Å². The van der Waals surface area contributed by atoms with Crippen LogP contribution < -0.4 is 20.9 Å². The lowest BCUT2D eigenvalue weighted by Gasteiger charge is -2.44. The Morgan fingerprint density at radius 2 is 1.91 bits per heavy atom. The Bertz CT molecular complexity index is 1050. The maximum absolute atomic E-state index is 13.6. The molecule has 2 aromatic rings. The van der Waals surface area contributed by atoms with E-state index >= 15 is 0 Å². The third-order valence-electron chi connectivity index (χ3n) is 6.94. The van der Waals surface area contributed by atoms with Crippen molar-refractivity contribution in [2.45, 2.75) is 37.8 Å². The molecule has 3 atom stereocenters. The summed E-state index contributed by atoms with van der Waals surface area (Å²) in [6.45, 7) is 4.62. The first-order chi connectivity index (χ1) is 16.0. The molecule has 1 aromatic heterocycles. The third kappa shape index (κ3) is 3.89. The second-order valence-electron chi connectivity index (χ2n) is 8.83. The van der Waals surface area contributed by atoms with Crippen LogP contribution in [-0.2, 0) is 9.59 Å². The van der Waals surface area contributed by atoms with E-state index in [9.17, 15) is 9.59 Å². The first-order valence-electron chi connectivity index (χ1n) is 11.4. The van der Waals surface area contributed by atoms with Gasteiger partial charge in [-0.3, -0.25) is 9.59 Å². The number of nitrogens with zero attached hydrogens (tertiary/aromatic N) is 5. The fraction of sp³-hybridized carbons (Fsp3) is 0.478. The number of aromatic nitrogens is 2. The lowest BCUT2D eigenvalue weighted by Crippen LogP contribution is -2.57. The number of rotatable bonds is 5. The van der Waals surface area contributed by atoms with Crippen LogP contribution in [0.1, 0.15) is 31.2 Å². The molecule has 3 aliphatic rings. The van der Waals surface area contributed by atoms with Crippen LogP contribution in [0.3, 0.4) is 0 Å². The molecule has 4 heterocycles. The van der Waals surface area contributed by atoms with Crippen LogP contribution in [-0.4, -0.2) is 71.5 Å². The van der Waals surface area contributed by atoms with Crippen molar-refractivity contribution in [1.82, 2.24) is 14.9 Å². The standard InChI is InChI=1S/C23H28ClN7O2/c1-2-29-12-19(32)28-21-20(29)22(27-13-26-21)30-10-16-7-8-17(11-30)31(16)23(33)18(9-25)14-3-5-15(24)6-4-14/h3-6,13,16-18H,2,7-12,25H2,1H3,(H,26,27,28,32)/t16?,17?,18-/m1/s1. The van der Waals surface area contributed by atoms with E-state index in [-0.39, 0.29) is 42.9 Å². The Kier molecular flexibility index (Phi) is 5.84. The number of benzene rings is 1. The molecule has 0 spiro atoms. The number of hydrogen-bond donors (Lipinski definition) is 2. The van der Waals surface area contributed by atoms with Crippen LogP contribution in [0, 0.1) is 0 Å². The average molecular weight is 470 g/mol. The van der Waals surface area contributed by atoms with Crippen LogP contribution in [0.2, 0.25) is 5.02 Å². The number of piperazine rings is 1. The highest BCUT2D eigenvalue weighted by Crippen LogP contribution is 2.40. The first-order valence-corrected chi connectivity index (χ1v) is 11.8. The lowest BCUT2D eigenvalue weighted by atomic mass is 9.96. The largest absolute Gasteiger partial charge is 0.356 e. The fourth-order valence-corrected chi connectivity index (χ4v) is 5.49. The van der Waals surface area contributed by atoms with E-state index in [4.69, 9.17) is 17.3 Å². The lowest BCUT2D eigenvalue weighted by molar-refractivity contribution is -0.136. The van der Waals surface area contributed by atoms with Gasteiger partial charge in [-0.25, -0.2) is 9.97 Å². The van der Waals surface area contributed by atoms with Crippen molar-refractivity contribution >= 4 is 40.7 Å². The van der Waals surface area contributed by atoms with Gasteiger partial charge in [-0.15, -0.1) is 0 Å². The average Bonchev–Trinajstić information content (AvgIpc) is 3.08. The Balaban J connectivity index is 1.39. The van der Waals surface area contributed by atoms with E-state index in [2.05, 4.69) is 25.1 Å². The molecule has 0 radical (unpaired) electrons. The van der Waals surface area contributed by atoms with E-state index in [1.807, 2.05) is 24.0 Å². The van der Waals surface area contributed by atoms with Crippen molar-refractivity contribution in [2.75, 3.05) is 47.8 Å². The molecule has 2 unspecified atom stereocenters. The molecule has 3 N–H and O–H groups in total. The molecule has 0 saturated carbocycles. The summed E-state index contributed by atoms with van der Waals surface area (Å²) < 4.78 is 0. The Labute approximate surface area is 197 Å². The highest BCUT2D eigenvalue weighted by atomic mass is 35.5. The molecular weight excluding hydrogens is 442 g/mol. The van der Waals surface area contributed by atoms with Gasteiger partial charge in [-0.05, 0) is 37.5 Å². The highest BCUT2D eigenvalue weighted by molar-refractivity contribution is 6.30. The Morgan fingerprint density at radius 3 is 2.55 bits per heavy atom. The minimum absolute atomic E-state index is 0.0699. The second kappa shape index (κ2) is 8.79. The Morgan fingerprint density at radius 1 is 1.21 bits per heavy atom. The molecule has 2 fully saturated rings. The van der Waals surface area contributed by atoms with Gasteiger partial charge in [0.05, 0.1) is 12.5 Å². The van der Waals surface area contributed by atoms with Crippen LogP contribution in [0.25, 0.3) is 0 Å². The molecule has 174 valence electrons. The number of nitrogens with one attached hydrogen (secondary N) is 1. The number of nitrogens with two attached hydrogens (primary N) is 1. The van der Waals surface area contributed by atoms with Crippen molar-refractivity contribution in [3.63, 3.8) is 0 Å². The molecule has 3 aliphatic heterocycles. The maximum Gasteiger partial charge on any atom is 0.245 e. The summed E-state index contributed by atoms with van der Waals surface area (Å²) in [5.74, 6) is 1.00. The van der Waals surface area contributed by atoms with E-state index in [1.54, 1.807) is 12.1 Å². The molecular formula is C23H28ClN7O2. The van der Waals surface area contributed by atoms with E-state index in [0.717, 1.165) is 29.9 Å². The normalized spacial score (nSPS) is 22.8. The summed E-state index contributed by atoms with van der Waals surface area (Å²) >= 11 is 6.03. The minimum Gasteiger partial charge on any atom is -0.356 e. The predicted molar refractivity (Wildman–Crippen MR) is 128 cm³/mol. The zero-order valence-electron chi connectivity index (χ0n) is 18.6. The summed E-state index contributed by atoms with van der Waals surface area (Å²) in [6.07, 6.45) is 3.40. The number of fused-ring (bicyclic) bond motifs is 3. The molecule has 9 nitrogen and oxygen atoms in total. The van der Waals surface area contributed by atoms with Crippen LogP contribution in [0.4, 0.5) is 17.3 Å². The molecule has 2 saturated heterocycles. The van der Waals surface area contributed by atoms with Gasteiger partial charge in [0.15, 0.2) is 11.6 Å². The second-order valence-corrected chi connectivity index (χ2v) is 9.27. The van der Waals surface area contributed by atoms with Crippen molar-refractivity contribution in [2.24, 2.45) is 5.73 Å². The number of carbonyl (C=O) groups excluding carboxylic acids is 2. The first kappa shape index (κ1) is 21.9. The zero-order valence-corrected chi connectivity index (χ0v) is 19.3. The van der Waals surface area contributed by atoms with Crippen molar-refractivity contribution in [3.8, 4) is 0 Å². The van der Waals surface area contributed by atoms with E-state index < -0.39 is 0 Å². The van der Waals surface area contributed by atoms with Gasteiger partial charge in [0, 0.05) is 43.3 Å². The highest BCUT2D eigenvalue weighted by Gasteiger charge is 2.45. The summed E-state index contributed by atoms with van der Waals surface area (Å²) in [5, 5.41) is 3.51. The molecule has 2 bridgehead atoms. The summed E-state index contributed by atoms with van der Waals surface area (Å²) in [5.41, 5.74) is 7.81. The number of halogens is 1. The number of hydrogen-bond acceptors (Lipinski definition) is 7. The van der Waals surface area contributed by atoms with Crippen molar-refractivity contribution < 1.29 is 9.59 Å². The summed E-state index contributed by atoms with van der Waals surface area (Å²) in [6, 6.07) is 7.56. The summed E-state index contributed by atoms with van der Waals surface area (Å²) in [7, 11) is 0. The number of likely N-dealkylation sites (N-methyl/N-ethyl adjacent to an activating group) is 1. The van der Waals surface area contributed by atoms with E-state index in [0.29, 0.717) is 30.5 Å². The fourth-order valence-electron chi connectivity index (χ4n) is 5.37. The minimum atomic E-state index is -0.380. The van der Waals surface area contributed by atoms with Gasteiger partial charge >= 0.3 is 0 Å². The molecule has 10 heteroatoms. The zero-order chi connectivity index (χ0) is 23.1. The SMILES string of the molecule is CCN1CC(=O)Nc2ncnc(N3CC4CCC(C3)N4C(=O)[C@H](CN)c3ccc(Cl)cc3)c21. The topological polar surface area (TPSA) is 108 Å². The number of carbonyl (C=O) groups is 2. The van der Waals surface area contributed by atoms with Gasteiger partial charge < -0.3 is 25.8 Å². The van der Waals surface area contributed by atoms with Gasteiger partial charge in [0.1, 0.15) is 12.0 Å². The quantitative estimate of drug-likeness (QED) is 0.687. The number of amides is 2.